The Labute approximate surface area is 151 Å². The Morgan fingerprint density at radius 1 is 1.12 bits per heavy atom. The van der Waals surface area contributed by atoms with E-state index in [1.165, 1.54) is 13.3 Å². The number of hydrogen-bond donors (Lipinski definition) is 2. The second-order valence-corrected chi connectivity index (χ2v) is 10.2. The molecule has 4 saturated carbocycles. The van der Waals surface area contributed by atoms with Gasteiger partial charge in [-0.2, -0.15) is 0 Å². The van der Waals surface area contributed by atoms with Gasteiger partial charge in [-0.3, -0.25) is 4.79 Å². The van der Waals surface area contributed by atoms with Crippen LogP contribution in [0.3, 0.4) is 0 Å². The van der Waals surface area contributed by atoms with E-state index in [4.69, 9.17) is 4.74 Å². The van der Waals surface area contributed by atoms with Crippen molar-refractivity contribution in [2.75, 3.05) is 6.61 Å². The summed E-state index contributed by atoms with van der Waals surface area (Å²) in [6.45, 7) is 5.88. The van der Waals surface area contributed by atoms with Gasteiger partial charge in [-0.1, -0.05) is 13.3 Å². The number of hydrogen-bond acceptors (Lipinski definition) is 4. The summed E-state index contributed by atoms with van der Waals surface area (Å²) in [4.78, 5) is 11.7. The number of rotatable bonds is 2. The van der Waals surface area contributed by atoms with Crippen LogP contribution in [0.2, 0.25) is 0 Å². The maximum absolute atomic E-state index is 11.7. The minimum Gasteiger partial charge on any atom is -0.456 e. The van der Waals surface area contributed by atoms with Crippen molar-refractivity contribution in [2.45, 2.75) is 89.8 Å². The first-order chi connectivity index (χ1) is 11.7. The summed E-state index contributed by atoms with van der Waals surface area (Å²) in [6.07, 6.45) is 9.47. The predicted molar refractivity (Wildman–Crippen MR) is 94.8 cm³/mol. The van der Waals surface area contributed by atoms with E-state index in [1.54, 1.807) is 0 Å². The first-order valence-electron chi connectivity index (χ1n) is 10.2. The summed E-state index contributed by atoms with van der Waals surface area (Å²) >= 11 is 0. The molecule has 2 N–H and O–H groups in total. The highest BCUT2D eigenvalue weighted by atomic mass is 16.6. The minimum absolute atomic E-state index is 0.0520. The van der Waals surface area contributed by atoms with Gasteiger partial charge >= 0.3 is 5.97 Å². The van der Waals surface area contributed by atoms with E-state index < -0.39 is 11.2 Å². The highest BCUT2D eigenvalue weighted by molar-refractivity contribution is 5.66. The van der Waals surface area contributed by atoms with Crippen LogP contribution in [0.5, 0.6) is 0 Å². The Kier molecular flexibility index (Phi) is 3.88. The summed E-state index contributed by atoms with van der Waals surface area (Å²) < 4.78 is 5.78. The van der Waals surface area contributed by atoms with Crippen LogP contribution in [-0.2, 0) is 9.53 Å². The molecule has 4 heteroatoms. The fourth-order valence-electron chi connectivity index (χ4n) is 8.19. The van der Waals surface area contributed by atoms with Crippen molar-refractivity contribution in [3.63, 3.8) is 0 Å². The van der Waals surface area contributed by atoms with Crippen molar-refractivity contribution in [3.05, 3.63) is 0 Å². The lowest BCUT2D eigenvalue weighted by Gasteiger charge is -2.63. The minimum atomic E-state index is -0.666. The summed E-state index contributed by atoms with van der Waals surface area (Å²) in [6, 6.07) is 0. The standard InChI is InChI=1S/C21H34O4/c1-14(23)25-21(13-22)12-20-10-7-16-18(2,8-4-9-19(16,3)24)17(20)6-5-15(21)11-20/h15-17,22,24H,4-13H2,1-3H3. The van der Waals surface area contributed by atoms with Gasteiger partial charge in [0.25, 0.3) is 0 Å². The first-order valence-corrected chi connectivity index (χ1v) is 10.2. The van der Waals surface area contributed by atoms with Gasteiger partial charge in [0.1, 0.15) is 5.60 Å². The number of esters is 1. The third-order valence-corrected chi connectivity index (χ3v) is 8.88. The zero-order valence-corrected chi connectivity index (χ0v) is 16.0. The van der Waals surface area contributed by atoms with Crippen LogP contribution in [-0.4, -0.2) is 34.0 Å². The lowest BCUT2D eigenvalue weighted by atomic mass is 9.43. The summed E-state index contributed by atoms with van der Waals surface area (Å²) in [7, 11) is 0. The molecular weight excluding hydrogens is 316 g/mol. The normalized spacial score (nSPS) is 54.5. The molecule has 7 unspecified atom stereocenters. The van der Waals surface area contributed by atoms with Crippen molar-refractivity contribution in [2.24, 2.45) is 28.6 Å². The molecule has 142 valence electrons. The molecule has 0 aromatic rings. The third kappa shape index (κ3) is 2.36. The lowest BCUT2D eigenvalue weighted by Crippen LogP contribution is -2.58. The largest absolute Gasteiger partial charge is 0.456 e. The SMILES string of the molecule is CC(=O)OC1(CO)CC23CCC4C(C)(O)CCCC4(C)C2CCC1C3. The summed E-state index contributed by atoms with van der Waals surface area (Å²) in [5.41, 5.74) is -0.860. The molecule has 0 aromatic heterocycles. The van der Waals surface area contributed by atoms with E-state index in [0.717, 1.165) is 51.4 Å². The molecule has 1 spiro atoms. The molecule has 0 radical (unpaired) electrons. The Balaban J connectivity index is 1.70. The van der Waals surface area contributed by atoms with Crippen LogP contribution < -0.4 is 0 Å². The molecule has 7 atom stereocenters. The smallest absolute Gasteiger partial charge is 0.303 e. The van der Waals surface area contributed by atoms with Crippen LogP contribution in [0, 0.1) is 28.6 Å². The van der Waals surface area contributed by atoms with Crippen molar-refractivity contribution < 1.29 is 19.7 Å². The molecule has 4 fully saturated rings. The summed E-state index contributed by atoms with van der Waals surface area (Å²) in [5, 5.41) is 21.2. The number of ether oxygens (including phenoxy) is 1. The molecule has 0 amide bonds. The molecule has 0 saturated heterocycles. The number of fused-ring (bicyclic) bond motifs is 3. The van der Waals surface area contributed by atoms with E-state index in [1.807, 2.05) is 6.92 Å². The fraction of sp³-hybridized carbons (Fsp3) is 0.952. The maximum Gasteiger partial charge on any atom is 0.303 e. The van der Waals surface area contributed by atoms with Gasteiger partial charge in [-0.05, 0) is 81.0 Å². The van der Waals surface area contributed by atoms with Crippen molar-refractivity contribution >= 4 is 5.97 Å². The van der Waals surface area contributed by atoms with Gasteiger partial charge in [-0.15, -0.1) is 0 Å². The number of aliphatic hydroxyl groups excluding tert-OH is 1. The molecule has 0 aliphatic heterocycles. The molecular formula is C21H34O4. The van der Waals surface area contributed by atoms with E-state index in [0.29, 0.717) is 17.8 Å². The predicted octanol–water partition coefficient (Wildman–Crippen LogP) is 3.44. The number of aliphatic hydroxyl groups is 2. The quantitative estimate of drug-likeness (QED) is 0.749. The van der Waals surface area contributed by atoms with Crippen molar-refractivity contribution in [1.82, 2.24) is 0 Å². The third-order valence-electron chi connectivity index (χ3n) is 8.88. The van der Waals surface area contributed by atoms with E-state index in [-0.39, 0.29) is 23.4 Å². The highest BCUT2D eigenvalue weighted by Crippen LogP contribution is 2.72. The molecule has 4 aliphatic rings. The van der Waals surface area contributed by atoms with Crippen LogP contribution in [0.1, 0.15) is 78.6 Å². The highest BCUT2D eigenvalue weighted by Gasteiger charge is 2.68. The Morgan fingerprint density at radius 3 is 2.56 bits per heavy atom. The second-order valence-electron chi connectivity index (χ2n) is 10.2. The Hall–Kier alpha value is -0.610. The van der Waals surface area contributed by atoms with Crippen LogP contribution >= 0.6 is 0 Å². The lowest BCUT2D eigenvalue weighted by molar-refractivity contribution is -0.181. The van der Waals surface area contributed by atoms with E-state index >= 15 is 0 Å². The zero-order valence-electron chi connectivity index (χ0n) is 16.0. The van der Waals surface area contributed by atoms with Gasteiger partial charge in [0.15, 0.2) is 0 Å². The van der Waals surface area contributed by atoms with Crippen LogP contribution in [0.15, 0.2) is 0 Å². The van der Waals surface area contributed by atoms with Gasteiger partial charge in [0.05, 0.1) is 12.2 Å². The number of carbonyl (C=O) groups excluding carboxylic acids is 1. The zero-order chi connectivity index (χ0) is 18.1. The molecule has 25 heavy (non-hydrogen) atoms. The topological polar surface area (TPSA) is 66.8 Å². The average Bonchev–Trinajstić information content (AvgIpc) is 2.73. The van der Waals surface area contributed by atoms with E-state index in [2.05, 4.69) is 6.92 Å². The van der Waals surface area contributed by atoms with Crippen LogP contribution in [0.4, 0.5) is 0 Å². The molecule has 4 rings (SSSR count). The average molecular weight is 350 g/mol. The molecule has 4 aliphatic carbocycles. The molecule has 0 heterocycles. The first kappa shape index (κ1) is 17.8. The van der Waals surface area contributed by atoms with E-state index in [9.17, 15) is 15.0 Å². The van der Waals surface area contributed by atoms with Crippen molar-refractivity contribution in [3.8, 4) is 0 Å². The molecule has 2 bridgehead atoms. The maximum atomic E-state index is 11.7. The second kappa shape index (κ2) is 5.45. The fourth-order valence-corrected chi connectivity index (χ4v) is 8.19. The van der Waals surface area contributed by atoms with Gasteiger partial charge in [0, 0.05) is 12.8 Å². The monoisotopic (exact) mass is 350 g/mol. The molecule has 4 nitrogen and oxygen atoms in total. The molecule has 0 aromatic carbocycles. The number of carbonyl (C=O) groups is 1. The van der Waals surface area contributed by atoms with Crippen molar-refractivity contribution in [1.29, 1.82) is 0 Å². The Morgan fingerprint density at radius 2 is 1.88 bits per heavy atom. The summed E-state index contributed by atoms with van der Waals surface area (Å²) in [5.74, 6) is 0.974. The van der Waals surface area contributed by atoms with Gasteiger partial charge in [0.2, 0.25) is 0 Å². The van der Waals surface area contributed by atoms with Crippen LogP contribution in [0.25, 0.3) is 0 Å². The Bertz CT molecular complexity index is 572. The van der Waals surface area contributed by atoms with Gasteiger partial charge in [-0.25, -0.2) is 0 Å². The van der Waals surface area contributed by atoms with Gasteiger partial charge < -0.3 is 14.9 Å².